The van der Waals surface area contributed by atoms with Crippen molar-refractivity contribution < 1.29 is 18.3 Å². The lowest BCUT2D eigenvalue weighted by Crippen LogP contribution is -2.40. The number of benzene rings is 1. The van der Waals surface area contributed by atoms with Crippen molar-refractivity contribution in [1.82, 2.24) is 5.32 Å². The summed E-state index contributed by atoms with van der Waals surface area (Å²) in [5.41, 5.74) is -0.0600. The van der Waals surface area contributed by atoms with Crippen molar-refractivity contribution in [3.8, 4) is 0 Å². The lowest BCUT2D eigenvalue weighted by Gasteiger charge is -2.23. The molecule has 1 heterocycles. The number of rotatable bonds is 3. The predicted molar refractivity (Wildman–Crippen MR) is 69.9 cm³/mol. The number of hydrogen-bond acceptors (Lipinski definition) is 3. The van der Waals surface area contributed by atoms with Gasteiger partial charge in [0, 0.05) is 23.6 Å². The zero-order chi connectivity index (χ0) is 13.8. The van der Waals surface area contributed by atoms with Crippen LogP contribution in [0.5, 0.6) is 0 Å². The first kappa shape index (κ1) is 14.4. The van der Waals surface area contributed by atoms with Crippen LogP contribution in [0.1, 0.15) is 6.42 Å². The molecule has 1 unspecified atom stereocenters. The summed E-state index contributed by atoms with van der Waals surface area (Å²) >= 11 is 3.01. The smallest absolute Gasteiger partial charge is 0.227 e. The molecule has 0 bridgehead atoms. The largest absolute Gasteiger partial charge is 0.375 e. The molecule has 1 saturated heterocycles. The summed E-state index contributed by atoms with van der Waals surface area (Å²) in [5.74, 6) is -1.90. The number of ether oxygens (including phenoxy) is 1. The molecule has 19 heavy (non-hydrogen) atoms. The highest BCUT2D eigenvalue weighted by Gasteiger charge is 2.19. The first-order valence-electron chi connectivity index (χ1n) is 5.83. The molecular weight excluding hydrogens is 322 g/mol. The molecular formula is C12H13BrF2N2O2. The highest BCUT2D eigenvalue weighted by molar-refractivity contribution is 9.10. The maximum absolute atomic E-state index is 13.5. The Morgan fingerprint density at radius 3 is 2.95 bits per heavy atom. The van der Waals surface area contributed by atoms with Gasteiger partial charge in [0.25, 0.3) is 0 Å². The summed E-state index contributed by atoms with van der Waals surface area (Å²) < 4.78 is 32.0. The molecule has 1 aromatic carbocycles. The molecule has 1 atom stereocenters. The molecule has 7 heteroatoms. The van der Waals surface area contributed by atoms with Crippen molar-refractivity contribution in [2.24, 2.45) is 0 Å². The Morgan fingerprint density at radius 1 is 1.53 bits per heavy atom. The van der Waals surface area contributed by atoms with Crippen molar-refractivity contribution in [1.29, 1.82) is 0 Å². The minimum atomic E-state index is -0.817. The molecule has 1 aliphatic rings. The fourth-order valence-corrected chi connectivity index (χ4v) is 2.32. The van der Waals surface area contributed by atoms with Crippen molar-refractivity contribution in [2.45, 2.75) is 12.5 Å². The Labute approximate surface area is 117 Å². The zero-order valence-corrected chi connectivity index (χ0v) is 11.6. The summed E-state index contributed by atoms with van der Waals surface area (Å²) in [7, 11) is 0. The van der Waals surface area contributed by atoms with Gasteiger partial charge in [0.05, 0.1) is 24.8 Å². The molecule has 2 rings (SSSR count). The van der Waals surface area contributed by atoms with E-state index in [0.717, 1.165) is 18.7 Å². The number of carbonyl (C=O) groups is 1. The Kier molecular flexibility index (Phi) is 4.84. The van der Waals surface area contributed by atoms with Crippen LogP contribution in [-0.4, -0.2) is 31.7 Å². The SMILES string of the molecule is O=C(CC1CNCCO1)Nc1c(F)cc(F)cc1Br. The maximum Gasteiger partial charge on any atom is 0.227 e. The summed E-state index contributed by atoms with van der Waals surface area (Å²) in [6.45, 7) is 1.89. The van der Waals surface area contributed by atoms with Gasteiger partial charge in [-0.1, -0.05) is 0 Å². The molecule has 0 spiro atoms. The Balaban J connectivity index is 1.98. The van der Waals surface area contributed by atoms with Gasteiger partial charge >= 0.3 is 0 Å². The van der Waals surface area contributed by atoms with E-state index >= 15 is 0 Å². The van der Waals surface area contributed by atoms with Crippen LogP contribution in [0.3, 0.4) is 0 Å². The number of nitrogens with one attached hydrogen (secondary N) is 2. The van der Waals surface area contributed by atoms with E-state index in [1.54, 1.807) is 0 Å². The minimum Gasteiger partial charge on any atom is -0.375 e. The molecule has 0 radical (unpaired) electrons. The minimum absolute atomic E-state index is 0.0600. The molecule has 104 valence electrons. The number of hydrogen-bond donors (Lipinski definition) is 2. The van der Waals surface area contributed by atoms with Gasteiger partial charge in [-0.2, -0.15) is 0 Å². The van der Waals surface area contributed by atoms with E-state index in [1.165, 1.54) is 0 Å². The van der Waals surface area contributed by atoms with Crippen LogP contribution in [-0.2, 0) is 9.53 Å². The van der Waals surface area contributed by atoms with Gasteiger partial charge in [-0.25, -0.2) is 8.78 Å². The molecule has 0 aliphatic carbocycles. The van der Waals surface area contributed by atoms with Crippen LogP contribution in [0.25, 0.3) is 0 Å². The molecule has 4 nitrogen and oxygen atoms in total. The number of anilines is 1. The number of halogens is 3. The molecule has 1 amide bonds. The average molecular weight is 335 g/mol. The maximum atomic E-state index is 13.5. The van der Waals surface area contributed by atoms with Crippen LogP contribution in [0.15, 0.2) is 16.6 Å². The first-order chi connectivity index (χ1) is 9.06. The number of morpholine rings is 1. The second kappa shape index (κ2) is 6.40. The van der Waals surface area contributed by atoms with Crippen LogP contribution in [0.4, 0.5) is 14.5 Å². The summed E-state index contributed by atoms with van der Waals surface area (Å²) in [6, 6.07) is 1.82. The molecule has 0 saturated carbocycles. The Bertz CT molecular complexity index is 456. The summed E-state index contributed by atoms with van der Waals surface area (Å²) in [4.78, 5) is 11.8. The van der Waals surface area contributed by atoms with Gasteiger partial charge in [0.1, 0.15) is 5.82 Å². The Hall–Kier alpha value is -1.05. The summed E-state index contributed by atoms with van der Waals surface area (Å²) in [6.07, 6.45) is -0.105. The highest BCUT2D eigenvalue weighted by atomic mass is 79.9. The molecule has 1 fully saturated rings. The van der Waals surface area contributed by atoms with Gasteiger partial charge < -0.3 is 15.4 Å². The molecule has 2 N–H and O–H groups in total. The summed E-state index contributed by atoms with van der Waals surface area (Å²) in [5, 5.41) is 5.51. The normalized spacial score (nSPS) is 19.2. The third-order valence-corrected chi connectivity index (χ3v) is 3.31. The first-order valence-corrected chi connectivity index (χ1v) is 6.62. The zero-order valence-electron chi connectivity index (χ0n) is 10.0. The average Bonchev–Trinajstić information content (AvgIpc) is 2.35. The van der Waals surface area contributed by atoms with Crippen molar-refractivity contribution in [2.75, 3.05) is 25.0 Å². The fraction of sp³-hybridized carbons (Fsp3) is 0.417. The monoisotopic (exact) mass is 334 g/mol. The van der Waals surface area contributed by atoms with Crippen LogP contribution in [0, 0.1) is 11.6 Å². The third-order valence-electron chi connectivity index (χ3n) is 2.69. The molecule has 0 aromatic heterocycles. The van der Waals surface area contributed by atoms with Crippen LogP contribution < -0.4 is 10.6 Å². The quantitative estimate of drug-likeness (QED) is 0.889. The second-order valence-corrected chi connectivity index (χ2v) is 5.05. The van der Waals surface area contributed by atoms with E-state index in [4.69, 9.17) is 4.74 Å². The lowest BCUT2D eigenvalue weighted by molar-refractivity contribution is -0.119. The van der Waals surface area contributed by atoms with E-state index in [2.05, 4.69) is 26.6 Å². The number of amides is 1. The van der Waals surface area contributed by atoms with Crippen LogP contribution >= 0.6 is 15.9 Å². The van der Waals surface area contributed by atoms with E-state index in [1.807, 2.05) is 0 Å². The fourth-order valence-electron chi connectivity index (χ4n) is 1.81. The van der Waals surface area contributed by atoms with Gasteiger partial charge in [-0.05, 0) is 22.0 Å². The van der Waals surface area contributed by atoms with Crippen molar-refractivity contribution >= 4 is 27.5 Å². The van der Waals surface area contributed by atoms with Crippen molar-refractivity contribution in [3.05, 3.63) is 28.2 Å². The van der Waals surface area contributed by atoms with Crippen LogP contribution in [0.2, 0.25) is 0 Å². The molecule has 1 aliphatic heterocycles. The lowest BCUT2D eigenvalue weighted by atomic mass is 10.2. The topological polar surface area (TPSA) is 50.4 Å². The van der Waals surface area contributed by atoms with E-state index in [-0.39, 0.29) is 28.6 Å². The van der Waals surface area contributed by atoms with Crippen molar-refractivity contribution in [3.63, 3.8) is 0 Å². The van der Waals surface area contributed by atoms with E-state index in [0.29, 0.717) is 13.2 Å². The van der Waals surface area contributed by atoms with Gasteiger partial charge in [0.15, 0.2) is 5.82 Å². The highest BCUT2D eigenvalue weighted by Crippen LogP contribution is 2.27. The van der Waals surface area contributed by atoms with Gasteiger partial charge in [0.2, 0.25) is 5.91 Å². The predicted octanol–water partition coefficient (Wildman–Crippen LogP) is 2.04. The molecule has 1 aromatic rings. The third kappa shape index (κ3) is 3.95. The van der Waals surface area contributed by atoms with E-state index in [9.17, 15) is 13.6 Å². The standard InChI is InChI=1S/C12H13BrF2N2O2/c13-9-3-7(14)4-10(15)12(9)17-11(18)5-8-6-16-1-2-19-8/h3-4,8,16H,1-2,5-6H2,(H,17,18). The van der Waals surface area contributed by atoms with E-state index < -0.39 is 11.6 Å². The second-order valence-electron chi connectivity index (χ2n) is 4.19. The van der Waals surface area contributed by atoms with Gasteiger partial charge in [-0.3, -0.25) is 4.79 Å². The van der Waals surface area contributed by atoms with Gasteiger partial charge in [-0.15, -0.1) is 0 Å². The number of carbonyl (C=O) groups excluding carboxylic acids is 1. The Morgan fingerprint density at radius 2 is 2.32 bits per heavy atom.